The summed E-state index contributed by atoms with van der Waals surface area (Å²) < 4.78 is 11.5. The van der Waals surface area contributed by atoms with Gasteiger partial charge in [-0.3, -0.25) is 4.79 Å². The zero-order valence-electron chi connectivity index (χ0n) is 15.8. The molecule has 1 aromatic heterocycles. The molecule has 4 N–H and O–H groups in total. The monoisotopic (exact) mass is 369 g/mol. The minimum atomic E-state index is -0.900. The van der Waals surface area contributed by atoms with E-state index in [-0.39, 0.29) is 31.2 Å². The largest absolute Gasteiger partial charge is 0.460 e. The van der Waals surface area contributed by atoms with Crippen LogP contribution in [-0.4, -0.2) is 52.3 Å². The van der Waals surface area contributed by atoms with Crippen LogP contribution in [0.1, 0.15) is 44.7 Å². The summed E-state index contributed by atoms with van der Waals surface area (Å²) in [6, 6.07) is -0.900. The first-order chi connectivity index (χ1) is 12.1. The van der Waals surface area contributed by atoms with Crippen LogP contribution < -0.4 is 16.4 Å². The van der Waals surface area contributed by atoms with E-state index in [1.54, 1.807) is 34.7 Å². The fourth-order valence-electron chi connectivity index (χ4n) is 2.01. The summed E-state index contributed by atoms with van der Waals surface area (Å²) in [4.78, 5) is 40.1. The van der Waals surface area contributed by atoms with Crippen molar-refractivity contribution in [3.8, 4) is 0 Å². The van der Waals surface area contributed by atoms with E-state index in [1.165, 1.54) is 10.8 Å². The van der Waals surface area contributed by atoms with Crippen LogP contribution >= 0.6 is 0 Å². The quantitative estimate of drug-likeness (QED) is 0.604. The number of amides is 2. The second-order valence-corrected chi connectivity index (χ2v) is 6.55. The number of nitrogens with two attached hydrogens (primary N) is 1. The average Bonchev–Trinajstić information content (AvgIpc) is 2.85. The van der Waals surface area contributed by atoms with Crippen molar-refractivity contribution in [3.63, 3.8) is 0 Å². The fraction of sp³-hybridized carbons (Fsp3) is 0.625. The number of ether oxygens (including phenoxy) is 2. The summed E-state index contributed by atoms with van der Waals surface area (Å²) >= 11 is 0. The van der Waals surface area contributed by atoms with Crippen LogP contribution in [0.4, 0.5) is 10.6 Å². The summed E-state index contributed by atoms with van der Waals surface area (Å²) in [5.74, 6) is -0.901. The standard InChI is InChI=1S/C16H27N5O5/c1-6-25-14(23)12-19-11(9-21(12)5)20-13(22)10(7-8-17)18-15(24)26-16(2,3)4/h9-10H,6-8,17H2,1-5H3,(H,18,24)(H,20,22)/t10-/m1/s1. The predicted molar refractivity (Wildman–Crippen MR) is 94.6 cm³/mol. The van der Waals surface area contributed by atoms with Crippen LogP contribution in [0.3, 0.4) is 0 Å². The predicted octanol–water partition coefficient (Wildman–Crippen LogP) is 0.777. The van der Waals surface area contributed by atoms with Crippen molar-refractivity contribution >= 4 is 23.8 Å². The molecule has 1 aromatic rings. The zero-order valence-corrected chi connectivity index (χ0v) is 15.8. The maximum atomic E-state index is 12.4. The smallest absolute Gasteiger partial charge is 0.408 e. The molecule has 0 aliphatic heterocycles. The molecule has 0 aliphatic rings. The molecule has 146 valence electrons. The molecule has 1 rings (SSSR count). The van der Waals surface area contributed by atoms with E-state index >= 15 is 0 Å². The van der Waals surface area contributed by atoms with Crippen molar-refractivity contribution < 1.29 is 23.9 Å². The molecule has 10 nitrogen and oxygen atoms in total. The number of alkyl carbamates (subject to hydrolysis) is 1. The summed E-state index contributed by atoms with van der Waals surface area (Å²) in [6.07, 6.45) is 0.957. The second kappa shape index (κ2) is 9.18. The first-order valence-corrected chi connectivity index (χ1v) is 8.28. The molecule has 26 heavy (non-hydrogen) atoms. The Hall–Kier alpha value is -2.62. The lowest BCUT2D eigenvalue weighted by molar-refractivity contribution is -0.118. The number of hydrogen-bond acceptors (Lipinski definition) is 7. The number of anilines is 1. The first kappa shape index (κ1) is 21.4. The van der Waals surface area contributed by atoms with Gasteiger partial charge in [0.1, 0.15) is 11.6 Å². The van der Waals surface area contributed by atoms with Gasteiger partial charge in [-0.25, -0.2) is 14.6 Å². The number of aromatic nitrogens is 2. The number of esters is 1. The molecule has 1 heterocycles. The minimum absolute atomic E-state index is 0.0534. The fourth-order valence-corrected chi connectivity index (χ4v) is 2.01. The van der Waals surface area contributed by atoms with Crippen LogP contribution in [0, 0.1) is 0 Å². The van der Waals surface area contributed by atoms with E-state index in [0.29, 0.717) is 0 Å². The van der Waals surface area contributed by atoms with Crippen molar-refractivity contribution in [1.29, 1.82) is 0 Å². The van der Waals surface area contributed by atoms with E-state index in [9.17, 15) is 14.4 Å². The number of rotatable bonds is 7. The van der Waals surface area contributed by atoms with Gasteiger partial charge in [-0.15, -0.1) is 0 Å². The third-order valence-corrected chi connectivity index (χ3v) is 3.05. The first-order valence-electron chi connectivity index (χ1n) is 8.28. The van der Waals surface area contributed by atoms with Gasteiger partial charge in [0.2, 0.25) is 11.7 Å². The number of carbonyl (C=O) groups excluding carboxylic acids is 3. The van der Waals surface area contributed by atoms with Gasteiger partial charge in [0, 0.05) is 13.2 Å². The van der Waals surface area contributed by atoms with Crippen molar-refractivity contribution in [3.05, 3.63) is 12.0 Å². The molecular formula is C16H27N5O5. The molecule has 0 aliphatic carbocycles. The molecule has 0 saturated heterocycles. The summed E-state index contributed by atoms with van der Waals surface area (Å²) in [6.45, 7) is 7.24. The summed E-state index contributed by atoms with van der Waals surface area (Å²) in [5, 5.41) is 5.03. The number of nitrogens with one attached hydrogen (secondary N) is 2. The molecule has 0 radical (unpaired) electrons. The number of hydrogen-bond donors (Lipinski definition) is 3. The molecule has 0 spiro atoms. The normalized spacial score (nSPS) is 12.2. The van der Waals surface area contributed by atoms with Gasteiger partial charge in [-0.2, -0.15) is 0 Å². The highest BCUT2D eigenvalue weighted by molar-refractivity contribution is 5.96. The average molecular weight is 369 g/mol. The van der Waals surface area contributed by atoms with Gasteiger partial charge in [-0.05, 0) is 40.7 Å². The maximum Gasteiger partial charge on any atom is 0.408 e. The lowest BCUT2D eigenvalue weighted by Gasteiger charge is -2.22. The van der Waals surface area contributed by atoms with Crippen LogP contribution in [-0.2, 0) is 21.3 Å². The maximum absolute atomic E-state index is 12.4. The van der Waals surface area contributed by atoms with Crippen molar-refractivity contribution in [1.82, 2.24) is 14.9 Å². The highest BCUT2D eigenvalue weighted by atomic mass is 16.6. The molecule has 1 atom stereocenters. The van der Waals surface area contributed by atoms with E-state index in [0.717, 1.165) is 0 Å². The molecule has 10 heteroatoms. The minimum Gasteiger partial charge on any atom is -0.460 e. The molecule has 0 bridgehead atoms. The Morgan fingerprint density at radius 1 is 1.35 bits per heavy atom. The summed E-state index contributed by atoms with van der Waals surface area (Å²) in [5.41, 5.74) is 4.82. The highest BCUT2D eigenvalue weighted by Crippen LogP contribution is 2.10. The van der Waals surface area contributed by atoms with Gasteiger partial charge >= 0.3 is 12.1 Å². The number of nitrogens with zero attached hydrogens (tertiary/aromatic N) is 2. The Balaban J connectivity index is 2.80. The number of imidazole rings is 1. The Morgan fingerprint density at radius 3 is 2.54 bits per heavy atom. The highest BCUT2D eigenvalue weighted by Gasteiger charge is 2.25. The Kier molecular flexibility index (Phi) is 7.56. The van der Waals surface area contributed by atoms with Crippen LogP contribution in [0.5, 0.6) is 0 Å². The van der Waals surface area contributed by atoms with Gasteiger partial charge in [0.15, 0.2) is 5.82 Å². The van der Waals surface area contributed by atoms with Gasteiger partial charge in [0.25, 0.3) is 0 Å². The third kappa shape index (κ3) is 6.71. The summed E-state index contributed by atoms with van der Waals surface area (Å²) in [7, 11) is 1.60. The number of carbonyl (C=O) groups is 3. The molecule has 0 fully saturated rings. The topological polar surface area (TPSA) is 138 Å². The molecule has 0 saturated carbocycles. The Morgan fingerprint density at radius 2 is 2.00 bits per heavy atom. The zero-order chi connectivity index (χ0) is 19.9. The molecule has 0 unspecified atom stereocenters. The van der Waals surface area contributed by atoms with Crippen LogP contribution in [0.2, 0.25) is 0 Å². The lowest BCUT2D eigenvalue weighted by Crippen LogP contribution is -2.46. The van der Waals surface area contributed by atoms with E-state index < -0.39 is 29.6 Å². The van der Waals surface area contributed by atoms with Crippen LogP contribution in [0.15, 0.2) is 6.20 Å². The van der Waals surface area contributed by atoms with Gasteiger partial charge < -0.3 is 30.4 Å². The van der Waals surface area contributed by atoms with Crippen molar-refractivity contribution in [2.45, 2.75) is 45.8 Å². The Bertz CT molecular complexity index is 650. The third-order valence-electron chi connectivity index (χ3n) is 3.05. The second-order valence-electron chi connectivity index (χ2n) is 6.55. The number of aryl methyl sites for hydroxylation is 1. The molecule has 0 aromatic carbocycles. The van der Waals surface area contributed by atoms with Crippen molar-refractivity contribution in [2.24, 2.45) is 12.8 Å². The van der Waals surface area contributed by atoms with E-state index in [2.05, 4.69) is 15.6 Å². The van der Waals surface area contributed by atoms with Gasteiger partial charge in [0.05, 0.1) is 6.61 Å². The van der Waals surface area contributed by atoms with Crippen molar-refractivity contribution in [2.75, 3.05) is 18.5 Å². The molecular weight excluding hydrogens is 342 g/mol. The molecule has 2 amide bonds. The Labute approximate surface area is 152 Å². The van der Waals surface area contributed by atoms with Gasteiger partial charge in [-0.1, -0.05) is 0 Å². The van der Waals surface area contributed by atoms with E-state index in [1.807, 2.05) is 0 Å². The van der Waals surface area contributed by atoms with Crippen LogP contribution in [0.25, 0.3) is 0 Å². The SMILES string of the molecule is CCOC(=O)c1nc(NC(=O)[C@@H](CCN)NC(=O)OC(C)(C)C)cn1C. The lowest BCUT2D eigenvalue weighted by atomic mass is 10.2. The van der Waals surface area contributed by atoms with E-state index in [4.69, 9.17) is 15.2 Å².